The number of nitrogens with zero attached hydrogens (tertiary/aromatic N) is 12. The third kappa shape index (κ3) is 18.9. The average Bonchev–Trinajstić information content (AvgIpc) is 4.02. The summed E-state index contributed by atoms with van der Waals surface area (Å²) in [7, 11) is -1.18. The van der Waals surface area contributed by atoms with Crippen LogP contribution in [0.1, 0.15) is 51.1 Å². The third-order valence-electron chi connectivity index (χ3n) is 10.9. The van der Waals surface area contributed by atoms with E-state index in [1.807, 2.05) is 0 Å². The van der Waals surface area contributed by atoms with Crippen LogP contribution >= 0.6 is 12.4 Å². The number of Topliss-reactive ketones (excluding diaryl/α,β-unsaturated/α-hetero) is 1. The van der Waals surface area contributed by atoms with Crippen molar-refractivity contribution in [3.63, 3.8) is 0 Å². The Morgan fingerprint density at radius 1 is 0.662 bits per heavy atom. The number of carbonyl (C=O) groups excluding carboxylic acids is 1. The van der Waals surface area contributed by atoms with Gasteiger partial charge in [0.15, 0.2) is 54.6 Å². The number of rotatable bonds is 17. The zero-order valence-corrected chi connectivity index (χ0v) is 47.2. The number of alkyl halides is 6. The van der Waals surface area contributed by atoms with E-state index in [4.69, 9.17) is 11.1 Å². The largest absolute Gasteiger partial charge is 0.573 e. The summed E-state index contributed by atoms with van der Waals surface area (Å²) < 4.78 is 135. The summed E-state index contributed by atoms with van der Waals surface area (Å²) in [5.41, 5.74) is 7.09. The standard InChI is InChI=1S/C21H17F3N6O3S.C18H20F3N3O4S.C6H15N.C5H6N4.ClH/c1-3-34(31,32)16-12-27-19(18-25-9-4-10-26-18)29-17(16)20-28-11-15(30(20)2)13-5-7-14(8-6-13)33-21(22,23)24;1-5-29(26,27)15(11-23(2)3)16(25)17-22-10-14(24(17)4)12-6-8-13(9-7-12)28-18(19,20)21;1-4-7(5-2)6-3;6-4(7)5-8-2-1-3-9-5;/h4-12H,3H2,1-2H3;6-11H,5H2,1-4H3;4-6H2,1-3H3;1-3H,(H3,6,7);1H. The molecule has 0 fully saturated rings. The van der Waals surface area contributed by atoms with Crippen molar-refractivity contribution < 1.29 is 57.4 Å². The first-order chi connectivity index (χ1) is 37.1. The Balaban J connectivity index is 0.000000328. The van der Waals surface area contributed by atoms with Crippen LogP contribution in [0.25, 0.3) is 45.7 Å². The van der Waals surface area contributed by atoms with Crippen molar-refractivity contribution in [1.82, 2.24) is 58.8 Å². The Bertz CT molecular complexity index is 3380. The van der Waals surface area contributed by atoms with Gasteiger partial charge in [0.05, 0.1) is 41.5 Å². The number of amidine groups is 1. The van der Waals surface area contributed by atoms with E-state index in [0.717, 1.165) is 12.1 Å². The highest BCUT2D eigenvalue weighted by molar-refractivity contribution is 7.96. The number of aromatic nitrogens is 10. The molecule has 0 aliphatic rings. The fourth-order valence-electron chi connectivity index (χ4n) is 6.77. The molecule has 0 saturated carbocycles. The summed E-state index contributed by atoms with van der Waals surface area (Å²) in [4.78, 5) is 48.7. The lowest BCUT2D eigenvalue weighted by Gasteiger charge is -2.13. The third-order valence-corrected chi connectivity index (χ3v) is 14.3. The van der Waals surface area contributed by atoms with Gasteiger partial charge in [-0.15, -0.1) is 38.7 Å². The van der Waals surface area contributed by atoms with Crippen LogP contribution in [0.15, 0.2) is 120 Å². The smallest absolute Gasteiger partial charge is 0.406 e. The van der Waals surface area contributed by atoms with Crippen LogP contribution in [0.2, 0.25) is 0 Å². The van der Waals surface area contributed by atoms with Gasteiger partial charge in [-0.05, 0) is 80.3 Å². The molecule has 0 bridgehead atoms. The van der Waals surface area contributed by atoms with Crippen LogP contribution in [0.3, 0.4) is 0 Å². The van der Waals surface area contributed by atoms with E-state index >= 15 is 0 Å². The van der Waals surface area contributed by atoms with Gasteiger partial charge in [0.25, 0.3) is 0 Å². The van der Waals surface area contributed by atoms with Crippen molar-refractivity contribution in [3.8, 4) is 57.2 Å². The monoisotopic (exact) mass is 1180 g/mol. The molecule has 21 nitrogen and oxygen atoms in total. The molecule has 30 heteroatoms. The number of benzene rings is 2. The van der Waals surface area contributed by atoms with Gasteiger partial charge in [-0.25, -0.2) is 56.7 Å². The number of imidazole rings is 2. The summed E-state index contributed by atoms with van der Waals surface area (Å²) in [6.07, 6.45) is 1.75. The van der Waals surface area contributed by atoms with Gasteiger partial charge in [-0.3, -0.25) is 10.2 Å². The topological polar surface area (TPSA) is 273 Å². The minimum absolute atomic E-state index is 0. The molecule has 0 amide bonds. The molecule has 5 aromatic heterocycles. The number of nitrogen functional groups attached to an aromatic ring is 1. The highest BCUT2D eigenvalue weighted by Gasteiger charge is 2.33. The molecule has 0 atom stereocenters. The minimum atomic E-state index is -4.80. The average molecular weight is 1180 g/mol. The van der Waals surface area contributed by atoms with Crippen LogP contribution in [0.5, 0.6) is 11.5 Å². The zero-order chi connectivity index (χ0) is 58.9. The maximum Gasteiger partial charge on any atom is 0.573 e. The number of allylic oxidation sites excluding steroid dienone is 1. The van der Waals surface area contributed by atoms with Gasteiger partial charge in [0, 0.05) is 70.3 Å². The molecule has 80 heavy (non-hydrogen) atoms. The Labute approximate surface area is 464 Å². The van der Waals surface area contributed by atoms with E-state index < -0.39 is 38.2 Å². The van der Waals surface area contributed by atoms with Crippen LogP contribution in [0, 0.1) is 5.41 Å². The number of carbonyl (C=O) groups is 1. The lowest BCUT2D eigenvalue weighted by Crippen LogP contribution is -2.21. The van der Waals surface area contributed by atoms with Crippen molar-refractivity contribution >= 4 is 43.7 Å². The van der Waals surface area contributed by atoms with Gasteiger partial charge in [-0.1, -0.05) is 34.6 Å². The molecule has 0 unspecified atom stereocenters. The fraction of sp³-hybridized carbons (Fsp3) is 0.320. The summed E-state index contributed by atoms with van der Waals surface area (Å²) in [5, 5.41) is 6.89. The number of sulfone groups is 2. The van der Waals surface area contributed by atoms with E-state index in [9.17, 15) is 48.0 Å². The number of ketones is 1. The molecule has 0 aliphatic heterocycles. The fourth-order valence-corrected chi connectivity index (χ4v) is 8.78. The number of nitrogens with two attached hydrogens (primary N) is 1. The summed E-state index contributed by atoms with van der Waals surface area (Å²) in [6, 6.07) is 13.6. The Hall–Kier alpha value is -7.89. The molecule has 3 N–H and O–H groups in total. The molecule has 7 rings (SSSR count). The zero-order valence-electron chi connectivity index (χ0n) is 44.7. The predicted molar refractivity (Wildman–Crippen MR) is 290 cm³/mol. The SMILES string of the molecule is CCN(CC)CC.CCS(=O)(=O)C(=CN(C)C)C(=O)c1ncc(-c2ccc(OC(F)(F)F)cc2)n1C.CCS(=O)(=O)c1cnc(-c2ncccn2)nc1-c1ncc(-c2ccc(OC(F)(F)F)cc2)n1C.Cl.N=C(N)c1ncccn1. The van der Waals surface area contributed by atoms with Crippen molar-refractivity contribution in [2.24, 2.45) is 19.8 Å². The summed E-state index contributed by atoms with van der Waals surface area (Å²) in [5.74, 6) is -1.35. The number of ether oxygens (including phenoxy) is 2. The predicted octanol–water partition coefficient (Wildman–Crippen LogP) is 8.23. The number of hydrogen-bond donors (Lipinski definition) is 2. The van der Waals surface area contributed by atoms with E-state index in [-0.39, 0.29) is 85.9 Å². The van der Waals surface area contributed by atoms with Gasteiger partial charge in [-0.2, -0.15) is 0 Å². The molecule has 7 aromatic rings. The van der Waals surface area contributed by atoms with Crippen LogP contribution in [0.4, 0.5) is 26.3 Å². The first-order valence-electron chi connectivity index (χ1n) is 23.7. The molecule has 432 valence electrons. The van der Waals surface area contributed by atoms with Crippen LogP contribution in [-0.2, 0) is 33.8 Å². The lowest BCUT2D eigenvalue weighted by atomic mass is 10.1. The lowest BCUT2D eigenvalue weighted by molar-refractivity contribution is -0.275. The molecule has 0 aliphatic carbocycles. The molecule has 0 spiro atoms. The van der Waals surface area contributed by atoms with E-state index in [1.54, 1.807) is 50.2 Å². The van der Waals surface area contributed by atoms with Crippen molar-refractivity contribution in [2.45, 2.75) is 52.2 Å². The summed E-state index contributed by atoms with van der Waals surface area (Å²) in [6.45, 7) is 13.1. The Kier molecular flexibility index (Phi) is 24.4. The van der Waals surface area contributed by atoms with E-state index in [0.29, 0.717) is 22.5 Å². The van der Waals surface area contributed by atoms with Crippen LogP contribution in [-0.4, -0.2) is 145 Å². The van der Waals surface area contributed by atoms with Gasteiger partial charge in [0.2, 0.25) is 5.78 Å². The molecule has 2 aromatic carbocycles. The molecule has 0 radical (unpaired) electrons. The second kappa shape index (κ2) is 29.4. The molecular formula is C50H59ClF6N14O7S2. The molecule has 5 heterocycles. The number of hydrogen-bond acceptors (Lipinski definition) is 18. The first-order valence-corrected chi connectivity index (χ1v) is 27.0. The Morgan fingerprint density at radius 3 is 1.52 bits per heavy atom. The van der Waals surface area contributed by atoms with Gasteiger partial charge < -0.3 is 34.1 Å². The second-order valence-electron chi connectivity index (χ2n) is 16.4. The quantitative estimate of drug-likeness (QED) is 0.0285. The van der Waals surface area contributed by atoms with Gasteiger partial charge >= 0.3 is 12.7 Å². The second-order valence-corrected chi connectivity index (χ2v) is 20.9. The number of halogens is 7. The van der Waals surface area contributed by atoms with E-state index in [1.165, 1.54) is 124 Å². The number of nitrogens with one attached hydrogen (secondary N) is 1. The maximum atomic E-state index is 12.9. The highest BCUT2D eigenvalue weighted by atomic mass is 35.5. The van der Waals surface area contributed by atoms with Crippen molar-refractivity contribution in [2.75, 3.05) is 45.2 Å². The first kappa shape index (κ1) is 66.4. The minimum Gasteiger partial charge on any atom is -0.406 e. The Morgan fingerprint density at radius 2 is 1.12 bits per heavy atom. The maximum absolute atomic E-state index is 12.9. The normalized spacial score (nSPS) is 11.6. The molecule has 0 saturated heterocycles. The van der Waals surface area contributed by atoms with Crippen molar-refractivity contribution in [3.05, 3.63) is 127 Å². The summed E-state index contributed by atoms with van der Waals surface area (Å²) >= 11 is 0. The van der Waals surface area contributed by atoms with Gasteiger partial charge in [0.1, 0.15) is 27.0 Å². The van der Waals surface area contributed by atoms with Crippen LogP contribution < -0.4 is 15.2 Å². The van der Waals surface area contributed by atoms with Crippen molar-refractivity contribution in [1.29, 1.82) is 5.41 Å². The molecular weight excluding hydrogens is 1120 g/mol. The van der Waals surface area contributed by atoms with E-state index in [2.05, 4.69) is 75.0 Å². The highest BCUT2D eigenvalue weighted by Crippen LogP contribution is 2.32.